The molecule has 1 aliphatic rings. The molecule has 90 valence electrons. The maximum Gasteiger partial charge on any atom is 0.113 e. The van der Waals surface area contributed by atoms with E-state index in [4.69, 9.17) is 10.7 Å². The summed E-state index contributed by atoms with van der Waals surface area (Å²) in [4.78, 5) is 7.36. The van der Waals surface area contributed by atoms with Crippen LogP contribution in [0.15, 0.2) is 17.5 Å². The molecule has 2 aromatic heterocycles. The summed E-state index contributed by atoms with van der Waals surface area (Å²) in [6.07, 6.45) is 4.65. The van der Waals surface area contributed by atoms with Crippen molar-refractivity contribution in [2.24, 2.45) is 5.73 Å². The second kappa shape index (κ2) is 4.19. The topological polar surface area (TPSA) is 38.9 Å². The van der Waals surface area contributed by atoms with Crippen LogP contribution in [0.1, 0.15) is 35.6 Å². The van der Waals surface area contributed by atoms with Crippen LogP contribution in [0.4, 0.5) is 0 Å². The summed E-state index contributed by atoms with van der Waals surface area (Å²) in [6, 6.07) is 4.21. The van der Waals surface area contributed by atoms with Gasteiger partial charge in [-0.15, -0.1) is 22.7 Å². The van der Waals surface area contributed by atoms with E-state index in [0.29, 0.717) is 0 Å². The Bertz CT molecular complexity index is 508. The van der Waals surface area contributed by atoms with Crippen LogP contribution in [0.3, 0.4) is 0 Å². The second-order valence-corrected chi connectivity index (χ2v) is 6.92. The van der Waals surface area contributed by atoms with Crippen molar-refractivity contribution < 1.29 is 0 Å². The van der Waals surface area contributed by atoms with Crippen LogP contribution < -0.4 is 5.73 Å². The number of rotatable bonds is 2. The summed E-state index contributed by atoms with van der Waals surface area (Å²) in [5.74, 6) is 0. The Kier molecular flexibility index (Phi) is 2.81. The minimum absolute atomic E-state index is 0.148. The van der Waals surface area contributed by atoms with Crippen molar-refractivity contribution >= 4 is 22.7 Å². The van der Waals surface area contributed by atoms with Crippen molar-refractivity contribution in [3.63, 3.8) is 0 Å². The molecule has 0 amide bonds. The molecular weight excluding hydrogens is 248 g/mol. The summed E-state index contributed by atoms with van der Waals surface area (Å²) in [5, 5.41) is 3.23. The van der Waals surface area contributed by atoms with E-state index in [1.54, 1.807) is 22.7 Å². The Hall–Kier alpha value is -0.710. The molecule has 4 heteroatoms. The van der Waals surface area contributed by atoms with E-state index < -0.39 is 0 Å². The summed E-state index contributed by atoms with van der Waals surface area (Å²) in [6.45, 7) is 2.15. The molecule has 1 saturated carbocycles. The monoisotopic (exact) mass is 264 g/mol. The molecule has 2 N–H and O–H groups in total. The third-order valence-corrected chi connectivity index (χ3v) is 5.54. The molecule has 0 atom stereocenters. The summed E-state index contributed by atoms with van der Waals surface area (Å²) >= 11 is 3.53. The Morgan fingerprint density at radius 2 is 2.12 bits per heavy atom. The number of hydrogen-bond acceptors (Lipinski definition) is 4. The highest BCUT2D eigenvalue weighted by Crippen LogP contribution is 2.41. The third-order valence-electron chi connectivity index (χ3n) is 3.47. The highest BCUT2D eigenvalue weighted by Gasteiger charge is 2.34. The first-order chi connectivity index (χ1) is 8.19. The minimum atomic E-state index is -0.148. The summed E-state index contributed by atoms with van der Waals surface area (Å²) in [5.41, 5.74) is 7.46. The minimum Gasteiger partial charge on any atom is -0.319 e. The van der Waals surface area contributed by atoms with Gasteiger partial charge in [-0.25, -0.2) is 4.98 Å². The molecule has 0 radical (unpaired) electrons. The van der Waals surface area contributed by atoms with Crippen LogP contribution in [0, 0.1) is 6.92 Å². The molecule has 2 nitrogen and oxygen atoms in total. The van der Waals surface area contributed by atoms with Gasteiger partial charge in [0.25, 0.3) is 0 Å². The van der Waals surface area contributed by atoms with E-state index >= 15 is 0 Å². The van der Waals surface area contributed by atoms with Crippen LogP contribution in [0.5, 0.6) is 0 Å². The van der Waals surface area contributed by atoms with E-state index in [-0.39, 0.29) is 5.54 Å². The maximum atomic E-state index is 6.47. The molecule has 1 aliphatic carbocycles. The lowest BCUT2D eigenvalue weighted by Gasteiger charge is -2.19. The van der Waals surface area contributed by atoms with E-state index in [1.165, 1.54) is 22.6 Å². The fraction of sp³-hybridized carbons (Fsp3) is 0.462. The number of nitrogens with two attached hydrogens (primary N) is 1. The molecule has 2 aromatic rings. The van der Waals surface area contributed by atoms with E-state index in [2.05, 4.69) is 24.4 Å². The first-order valence-corrected chi connectivity index (χ1v) is 7.69. The van der Waals surface area contributed by atoms with Gasteiger partial charge in [-0.2, -0.15) is 0 Å². The zero-order chi connectivity index (χ0) is 11.9. The average Bonchev–Trinajstić information content (AvgIpc) is 2.97. The lowest BCUT2D eigenvalue weighted by atomic mass is 10.0. The Labute approximate surface area is 110 Å². The van der Waals surface area contributed by atoms with Gasteiger partial charge in [0.2, 0.25) is 0 Å². The summed E-state index contributed by atoms with van der Waals surface area (Å²) in [7, 11) is 0. The van der Waals surface area contributed by atoms with E-state index in [0.717, 1.165) is 23.5 Å². The number of hydrogen-bond donors (Lipinski definition) is 1. The molecule has 2 heterocycles. The zero-order valence-corrected chi connectivity index (χ0v) is 11.5. The number of thiazole rings is 1. The number of thiophene rings is 1. The fourth-order valence-electron chi connectivity index (χ4n) is 2.47. The predicted octanol–water partition coefficient (Wildman–Crippen LogP) is 3.91. The van der Waals surface area contributed by atoms with Crippen molar-refractivity contribution in [3.8, 4) is 10.6 Å². The molecule has 0 bridgehead atoms. The molecule has 0 unspecified atom stereocenters. The van der Waals surface area contributed by atoms with Gasteiger partial charge >= 0.3 is 0 Å². The fourth-order valence-corrected chi connectivity index (χ4v) is 4.39. The Balaban J connectivity index is 2.01. The molecule has 1 fully saturated rings. The van der Waals surface area contributed by atoms with Gasteiger partial charge in [-0.1, -0.05) is 18.9 Å². The largest absolute Gasteiger partial charge is 0.319 e. The van der Waals surface area contributed by atoms with Crippen molar-refractivity contribution in [2.75, 3.05) is 0 Å². The third kappa shape index (κ3) is 1.94. The van der Waals surface area contributed by atoms with Gasteiger partial charge < -0.3 is 5.73 Å². The second-order valence-electron chi connectivity index (χ2n) is 4.76. The van der Waals surface area contributed by atoms with Crippen molar-refractivity contribution in [1.29, 1.82) is 0 Å². The van der Waals surface area contributed by atoms with Crippen LogP contribution in [0.25, 0.3) is 10.6 Å². The van der Waals surface area contributed by atoms with E-state index in [1.807, 2.05) is 0 Å². The van der Waals surface area contributed by atoms with Gasteiger partial charge in [0.1, 0.15) is 5.01 Å². The Morgan fingerprint density at radius 3 is 2.76 bits per heavy atom. The molecule has 0 saturated heterocycles. The van der Waals surface area contributed by atoms with Crippen LogP contribution in [-0.4, -0.2) is 4.98 Å². The molecule has 0 aliphatic heterocycles. The van der Waals surface area contributed by atoms with Crippen LogP contribution in [0.2, 0.25) is 0 Å². The van der Waals surface area contributed by atoms with Gasteiger partial charge in [-0.05, 0) is 31.2 Å². The molecule has 17 heavy (non-hydrogen) atoms. The summed E-state index contributed by atoms with van der Waals surface area (Å²) < 4.78 is 0. The van der Waals surface area contributed by atoms with Crippen molar-refractivity contribution in [1.82, 2.24) is 4.98 Å². The molecular formula is C13H16N2S2. The van der Waals surface area contributed by atoms with Gasteiger partial charge in [0.05, 0.1) is 16.1 Å². The number of aryl methyl sites for hydroxylation is 1. The number of aromatic nitrogens is 1. The first kappa shape index (κ1) is 11.4. The lowest BCUT2D eigenvalue weighted by Crippen LogP contribution is -2.32. The van der Waals surface area contributed by atoms with Crippen LogP contribution >= 0.6 is 22.7 Å². The quantitative estimate of drug-likeness (QED) is 0.893. The maximum absolute atomic E-state index is 6.47. The normalized spacial score (nSPS) is 18.7. The van der Waals surface area contributed by atoms with Crippen molar-refractivity contribution in [2.45, 2.75) is 38.1 Å². The average molecular weight is 264 g/mol. The zero-order valence-electron chi connectivity index (χ0n) is 9.90. The standard InChI is InChI=1S/C13H16N2S2/c1-9-11(10-5-4-8-16-10)15-12(17-9)13(14)6-2-3-7-13/h4-5,8H,2-3,6-7,14H2,1H3. The van der Waals surface area contributed by atoms with Gasteiger partial charge in [0.15, 0.2) is 0 Å². The highest BCUT2D eigenvalue weighted by atomic mass is 32.1. The predicted molar refractivity (Wildman–Crippen MR) is 74.5 cm³/mol. The smallest absolute Gasteiger partial charge is 0.113 e. The van der Waals surface area contributed by atoms with Crippen LogP contribution in [-0.2, 0) is 5.54 Å². The Morgan fingerprint density at radius 1 is 1.35 bits per heavy atom. The highest BCUT2D eigenvalue weighted by molar-refractivity contribution is 7.15. The first-order valence-electron chi connectivity index (χ1n) is 6.00. The number of nitrogens with zero attached hydrogens (tertiary/aromatic N) is 1. The lowest BCUT2D eigenvalue weighted by molar-refractivity contribution is 0.459. The molecule has 3 rings (SSSR count). The molecule has 0 spiro atoms. The van der Waals surface area contributed by atoms with E-state index in [9.17, 15) is 0 Å². The molecule has 0 aromatic carbocycles. The van der Waals surface area contributed by atoms with Gasteiger partial charge in [-0.3, -0.25) is 0 Å². The SMILES string of the molecule is Cc1sc(C2(N)CCCC2)nc1-c1cccs1. The van der Waals surface area contributed by atoms with Gasteiger partial charge in [0, 0.05) is 4.88 Å². The van der Waals surface area contributed by atoms with Crippen molar-refractivity contribution in [3.05, 3.63) is 27.4 Å².